The second-order valence-electron chi connectivity index (χ2n) is 6.35. The third-order valence-electron chi connectivity index (χ3n) is 4.59. The predicted molar refractivity (Wildman–Crippen MR) is 109 cm³/mol. The summed E-state index contributed by atoms with van der Waals surface area (Å²) >= 11 is 0. The van der Waals surface area contributed by atoms with E-state index in [-0.39, 0.29) is 19.5 Å². The summed E-state index contributed by atoms with van der Waals surface area (Å²) in [5, 5.41) is 33.2. The van der Waals surface area contributed by atoms with Gasteiger partial charge >= 0.3 is 0 Å². The Labute approximate surface area is 174 Å². The number of fused-ring (bicyclic) bond motifs is 3. The molecule has 4 heteroatoms. The van der Waals surface area contributed by atoms with E-state index in [0.717, 1.165) is 31.3 Å². The number of benzene rings is 3. The molecule has 3 aromatic carbocycles. The van der Waals surface area contributed by atoms with E-state index in [9.17, 15) is 0 Å². The van der Waals surface area contributed by atoms with Crippen molar-refractivity contribution in [3.8, 4) is 0 Å². The van der Waals surface area contributed by atoms with Crippen LogP contribution in [0.5, 0.6) is 0 Å². The van der Waals surface area contributed by atoms with Crippen molar-refractivity contribution in [2.24, 2.45) is 0 Å². The first kappa shape index (κ1) is 19.7. The summed E-state index contributed by atoms with van der Waals surface area (Å²) in [6, 6.07) is 23.3. The fourth-order valence-corrected chi connectivity index (χ4v) is 3.01. The minimum Gasteiger partial charge on any atom is -0.507 e. The summed E-state index contributed by atoms with van der Waals surface area (Å²) in [6.45, 7) is 0. The number of rotatable bonds is 0. The molecule has 3 N–H and O–H groups in total. The van der Waals surface area contributed by atoms with E-state index in [1.54, 1.807) is 18.2 Å². The van der Waals surface area contributed by atoms with Crippen molar-refractivity contribution in [2.75, 3.05) is 0 Å². The number of hydrogen-bond acceptors (Lipinski definition) is 3. The molecule has 0 spiro atoms. The van der Waals surface area contributed by atoms with Gasteiger partial charge in [-0.05, 0) is 33.9 Å². The number of hydrogen-bond donors (Lipinski definition) is 3. The molecule has 0 saturated heterocycles. The van der Waals surface area contributed by atoms with Crippen LogP contribution >= 0.6 is 0 Å². The van der Waals surface area contributed by atoms with Gasteiger partial charge in [-0.2, -0.15) is 0 Å². The van der Waals surface area contributed by atoms with Crippen LogP contribution in [0.1, 0.15) is 0 Å². The Bertz CT molecular complexity index is 1230. The van der Waals surface area contributed by atoms with Crippen molar-refractivity contribution < 1.29 is 34.8 Å². The third-order valence-corrected chi connectivity index (χ3v) is 4.59. The van der Waals surface area contributed by atoms with Crippen molar-refractivity contribution in [3.63, 3.8) is 0 Å². The summed E-state index contributed by atoms with van der Waals surface area (Å²) in [4.78, 5) is 0. The van der Waals surface area contributed by atoms with Crippen LogP contribution in [0.15, 0.2) is 72.8 Å². The topological polar surface area (TPSA) is 60.7 Å². The normalized spacial score (nSPS) is 13.1. The maximum Gasteiger partial charge on any atom is 0.124 e. The van der Waals surface area contributed by atoms with Gasteiger partial charge < -0.3 is 15.3 Å². The van der Waals surface area contributed by atoms with E-state index in [4.69, 9.17) is 15.3 Å². The first-order valence-corrected chi connectivity index (χ1v) is 8.63. The molecule has 0 amide bonds. The Balaban J connectivity index is 0.000000118. The number of aliphatic hydroxyl groups is 3. The van der Waals surface area contributed by atoms with E-state index < -0.39 is 0 Å². The summed E-state index contributed by atoms with van der Waals surface area (Å²) in [7, 11) is 0. The first-order valence-electron chi connectivity index (χ1n) is 8.63. The summed E-state index contributed by atoms with van der Waals surface area (Å²) in [6.07, 6.45) is 5.28. The van der Waals surface area contributed by atoms with E-state index in [2.05, 4.69) is 0 Å². The molecule has 0 heterocycles. The minimum absolute atomic E-state index is 0. The molecule has 1 radical (unpaired) electrons. The molecule has 0 bridgehead atoms. The van der Waals surface area contributed by atoms with Gasteiger partial charge in [0.15, 0.2) is 0 Å². The SMILES string of the molecule is OC1=c2ccccc2=C1.OC1=c2ccccc2=C1.OC1=c2ccccc2=C1.[Rh]. The zero-order valence-electron chi connectivity index (χ0n) is 14.8. The van der Waals surface area contributed by atoms with Crippen molar-refractivity contribution in [3.05, 3.63) is 104 Å². The molecule has 3 nitrogen and oxygen atoms in total. The van der Waals surface area contributed by atoms with Crippen molar-refractivity contribution in [1.29, 1.82) is 0 Å². The maximum atomic E-state index is 8.96. The van der Waals surface area contributed by atoms with Crippen LogP contribution < -0.4 is 31.3 Å². The Morgan fingerprint density at radius 3 is 0.821 bits per heavy atom. The van der Waals surface area contributed by atoms with Gasteiger partial charge in [-0.25, -0.2) is 0 Å². The standard InChI is InChI=1S/3C8H6O.Rh/c3*9-8-5-6-3-1-2-4-7(6)8;/h3*1-5,9H;. The molecular weight excluding hydrogens is 439 g/mol. The fourth-order valence-electron chi connectivity index (χ4n) is 3.01. The average Bonchev–Trinajstić information content (AvgIpc) is 2.67. The van der Waals surface area contributed by atoms with Crippen LogP contribution in [0.4, 0.5) is 0 Å². The van der Waals surface area contributed by atoms with Gasteiger partial charge in [-0.3, -0.25) is 0 Å². The van der Waals surface area contributed by atoms with Gasteiger partial charge in [0, 0.05) is 35.1 Å². The molecule has 0 fully saturated rings. The molecule has 141 valence electrons. The van der Waals surface area contributed by atoms with Crippen LogP contribution in [0.25, 0.3) is 35.5 Å². The summed E-state index contributed by atoms with van der Waals surface area (Å²) in [5.41, 5.74) is 0. The predicted octanol–water partition coefficient (Wildman–Crippen LogP) is 0.438. The Kier molecular flexibility index (Phi) is 5.82. The van der Waals surface area contributed by atoms with Gasteiger partial charge in [-0.1, -0.05) is 72.8 Å². The summed E-state index contributed by atoms with van der Waals surface area (Å²) in [5.74, 6) is 1.22. The van der Waals surface area contributed by atoms with Gasteiger partial charge in [0.05, 0.1) is 0 Å². The molecule has 0 aromatic heterocycles. The molecule has 3 aliphatic rings. The zero-order chi connectivity index (χ0) is 18.8. The van der Waals surface area contributed by atoms with Gasteiger partial charge in [-0.15, -0.1) is 0 Å². The molecule has 0 atom stereocenters. The summed E-state index contributed by atoms with van der Waals surface area (Å²) < 4.78 is 0. The molecule has 28 heavy (non-hydrogen) atoms. The molecule has 0 saturated carbocycles. The molecule has 3 aromatic rings. The molecular formula is C24H18O3Rh. The molecule has 3 aliphatic carbocycles. The monoisotopic (exact) mass is 457 g/mol. The van der Waals surface area contributed by atoms with Gasteiger partial charge in [0.25, 0.3) is 0 Å². The average molecular weight is 457 g/mol. The molecule has 0 unspecified atom stereocenters. The Morgan fingerprint density at radius 1 is 0.393 bits per heavy atom. The Morgan fingerprint density at radius 2 is 0.643 bits per heavy atom. The zero-order valence-corrected chi connectivity index (χ0v) is 16.5. The van der Waals surface area contributed by atoms with Gasteiger partial charge in [0.1, 0.15) is 17.3 Å². The molecule has 0 aliphatic heterocycles. The van der Waals surface area contributed by atoms with Crippen LogP contribution in [0.2, 0.25) is 0 Å². The van der Waals surface area contributed by atoms with Crippen molar-refractivity contribution >= 4 is 35.5 Å². The van der Waals surface area contributed by atoms with Crippen LogP contribution in [-0.4, -0.2) is 15.3 Å². The van der Waals surface area contributed by atoms with Gasteiger partial charge in [0.2, 0.25) is 0 Å². The second-order valence-corrected chi connectivity index (χ2v) is 6.35. The largest absolute Gasteiger partial charge is 0.507 e. The van der Waals surface area contributed by atoms with E-state index in [0.29, 0.717) is 17.3 Å². The minimum atomic E-state index is 0. The molecule has 6 rings (SSSR count). The van der Waals surface area contributed by atoms with E-state index in [1.807, 2.05) is 72.8 Å². The van der Waals surface area contributed by atoms with Crippen LogP contribution in [-0.2, 0) is 19.5 Å². The Hall–Kier alpha value is -3.10. The maximum absolute atomic E-state index is 8.96. The smallest absolute Gasteiger partial charge is 0.124 e. The second kappa shape index (κ2) is 8.28. The van der Waals surface area contributed by atoms with E-state index in [1.165, 1.54) is 0 Å². The fraction of sp³-hybridized carbons (Fsp3) is 0. The first-order chi connectivity index (χ1) is 13.1. The van der Waals surface area contributed by atoms with Crippen LogP contribution in [0, 0.1) is 0 Å². The van der Waals surface area contributed by atoms with Crippen LogP contribution in [0.3, 0.4) is 0 Å². The van der Waals surface area contributed by atoms with Crippen molar-refractivity contribution in [1.82, 2.24) is 0 Å². The van der Waals surface area contributed by atoms with E-state index >= 15 is 0 Å². The quantitative estimate of drug-likeness (QED) is 0.430. The van der Waals surface area contributed by atoms with Crippen molar-refractivity contribution in [2.45, 2.75) is 0 Å². The number of aliphatic hydroxyl groups excluding tert-OH is 3. The third kappa shape index (κ3) is 3.78.